The number of nitriles is 1. The first-order valence-electron chi connectivity index (χ1n) is 7.66. The first-order chi connectivity index (χ1) is 13.0. The molecule has 3 rings (SSSR count). The number of aromatic carboxylic acids is 1. The van der Waals surface area contributed by atoms with Crippen LogP contribution < -0.4 is 10.3 Å². The van der Waals surface area contributed by atoms with Crippen LogP contribution in [0, 0.1) is 11.3 Å². The summed E-state index contributed by atoms with van der Waals surface area (Å²) < 4.78 is 10.9. The van der Waals surface area contributed by atoms with Gasteiger partial charge in [0.05, 0.1) is 0 Å². The standard InChI is InChI=1S/C18H13N3O5S/c1-27-18-20-15(12(8-19)16(22)21-18)11-4-2-3-5-13(11)25-9-10-6-7-14(26-10)17(23)24/h2-7H,9H2,1H3,(H,23,24)(H,20,21,22). The highest BCUT2D eigenvalue weighted by Crippen LogP contribution is 2.31. The number of rotatable bonds is 6. The zero-order valence-corrected chi connectivity index (χ0v) is 14.9. The van der Waals surface area contributed by atoms with Gasteiger partial charge in [-0.15, -0.1) is 0 Å². The molecule has 0 amide bonds. The lowest BCUT2D eigenvalue weighted by molar-refractivity contribution is 0.0658. The summed E-state index contributed by atoms with van der Waals surface area (Å²) in [5.41, 5.74) is 0.0427. The lowest BCUT2D eigenvalue weighted by atomic mass is 10.1. The van der Waals surface area contributed by atoms with Crippen LogP contribution in [0.1, 0.15) is 21.9 Å². The van der Waals surface area contributed by atoms with Gasteiger partial charge >= 0.3 is 5.97 Å². The monoisotopic (exact) mass is 383 g/mol. The second-order valence-electron chi connectivity index (χ2n) is 5.27. The van der Waals surface area contributed by atoms with Crippen molar-refractivity contribution in [2.24, 2.45) is 0 Å². The van der Waals surface area contributed by atoms with Gasteiger partial charge in [0.25, 0.3) is 5.56 Å². The molecule has 0 radical (unpaired) electrons. The maximum Gasteiger partial charge on any atom is 0.371 e. The Morgan fingerprint density at radius 1 is 1.37 bits per heavy atom. The Hall–Kier alpha value is -3.51. The molecule has 2 aromatic heterocycles. The molecule has 0 spiro atoms. The Balaban J connectivity index is 1.97. The van der Waals surface area contributed by atoms with E-state index in [2.05, 4.69) is 9.97 Å². The molecule has 0 bridgehead atoms. The predicted molar refractivity (Wildman–Crippen MR) is 96.8 cm³/mol. The van der Waals surface area contributed by atoms with Crippen LogP contribution in [0.25, 0.3) is 11.3 Å². The number of H-pyrrole nitrogens is 1. The molecule has 1 aromatic carbocycles. The number of ether oxygens (including phenoxy) is 1. The summed E-state index contributed by atoms with van der Waals surface area (Å²) in [5, 5.41) is 18.6. The van der Waals surface area contributed by atoms with Gasteiger partial charge in [-0.25, -0.2) is 9.78 Å². The highest BCUT2D eigenvalue weighted by Gasteiger charge is 2.17. The zero-order valence-electron chi connectivity index (χ0n) is 14.1. The first kappa shape index (κ1) is 18.3. The number of carboxylic acids is 1. The third-order valence-corrected chi connectivity index (χ3v) is 4.17. The number of aromatic nitrogens is 2. The number of hydrogen-bond acceptors (Lipinski definition) is 7. The second-order valence-corrected chi connectivity index (χ2v) is 6.06. The molecular weight excluding hydrogens is 370 g/mol. The molecular formula is C18H13N3O5S. The topological polar surface area (TPSA) is 129 Å². The number of furan rings is 1. The van der Waals surface area contributed by atoms with E-state index in [9.17, 15) is 14.9 Å². The number of para-hydroxylation sites is 1. The van der Waals surface area contributed by atoms with Crippen molar-refractivity contribution in [3.63, 3.8) is 0 Å². The van der Waals surface area contributed by atoms with Crippen molar-refractivity contribution in [3.8, 4) is 23.1 Å². The highest BCUT2D eigenvalue weighted by molar-refractivity contribution is 7.98. The third-order valence-electron chi connectivity index (χ3n) is 3.59. The van der Waals surface area contributed by atoms with Gasteiger partial charge < -0.3 is 19.2 Å². The molecule has 8 nitrogen and oxygen atoms in total. The average Bonchev–Trinajstić information content (AvgIpc) is 3.15. The largest absolute Gasteiger partial charge is 0.485 e. The molecule has 27 heavy (non-hydrogen) atoms. The summed E-state index contributed by atoms with van der Waals surface area (Å²) in [7, 11) is 0. The maximum atomic E-state index is 12.1. The molecule has 2 heterocycles. The van der Waals surface area contributed by atoms with E-state index in [1.165, 1.54) is 23.9 Å². The number of hydrogen-bond donors (Lipinski definition) is 2. The second kappa shape index (κ2) is 7.80. The average molecular weight is 383 g/mol. The fourth-order valence-corrected chi connectivity index (χ4v) is 2.73. The number of carboxylic acid groups (broad SMARTS) is 1. The molecule has 0 aliphatic rings. The van der Waals surface area contributed by atoms with E-state index in [1.807, 2.05) is 6.07 Å². The van der Waals surface area contributed by atoms with E-state index < -0.39 is 11.5 Å². The SMILES string of the molecule is CSc1nc(-c2ccccc2OCc2ccc(C(=O)O)o2)c(C#N)c(=O)[nH]1. The van der Waals surface area contributed by atoms with Crippen LogP contribution in [0.3, 0.4) is 0 Å². The smallest absolute Gasteiger partial charge is 0.371 e. The lowest BCUT2D eigenvalue weighted by Crippen LogP contribution is -2.15. The van der Waals surface area contributed by atoms with E-state index in [0.717, 1.165) is 0 Å². The van der Waals surface area contributed by atoms with Gasteiger partial charge in [0.1, 0.15) is 35.4 Å². The van der Waals surface area contributed by atoms with Crippen LogP contribution in [0.2, 0.25) is 0 Å². The molecule has 3 aromatic rings. The number of nitrogens with zero attached hydrogens (tertiary/aromatic N) is 2. The lowest BCUT2D eigenvalue weighted by Gasteiger charge is -2.11. The fraction of sp³-hybridized carbons (Fsp3) is 0.111. The van der Waals surface area contributed by atoms with Crippen molar-refractivity contribution in [3.05, 3.63) is 63.8 Å². The summed E-state index contributed by atoms with van der Waals surface area (Å²) in [5.74, 6) is -0.647. The molecule has 0 saturated carbocycles. The van der Waals surface area contributed by atoms with E-state index in [1.54, 1.807) is 30.5 Å². The summed E-state index contributed by atoms with van der Waals surface area (Å²) in [6.07, 6.45) is 1.76. The van der Waals surface area contributed by atoms with Crippen molar-refractivity contribution >= 4 is 17.7 Å². The Kier molecular flexibility index (Phi) is 5.28. The maximum absolute atomic E-state index is 12.1. The predicted octanol–water partition coefficient (Wildman–Crippen LogP) is 2.90. The van der Waals surface area contributed by atoms with Crippen molar-refractivity contribution < 1.29 is 19.1 Å². The van der Waals surface area contributed by atoms with Crippen LogP contribution in [0.4, 0.5) is 0 Å². The zero-order chi connectivity index (χ0) is 19.4. The molecule has 0 fully saturated rings. The van der Waals surface area contributed by atoms with Crippen molar-refractivity contribution in [1.82, 2.24) is 9.97 Å². The Bertz CT molecular complexity index is 1100. The molecule has 0 unspecified atom stereocenters. The minimum absolute atomic E-state index is 0.0231. The third kappa shape index (κ3) is 3.86. The van der Waals surface area contributed by atoms with Gasteiger partial charge in [-0.05, 0) is 30.5 Å². The highest BCUT2D eigenvalue weighted by atomic mass is 32.2. The number of benzene rings is 1. The normalized spacial score (nSPS) is 10.4. The number of aromatic amines is 1. The van der Waals surface area contributed by atoms with Crippen molar-refractivity contribution in [2.75, 3.05) is 6.26 Å². The minimum Gasteiger partial charge on any atom is -0.485 e. The van der Waals surface area contributed by atoms with Crippen LogP contribution in [0.15, 0.2) is 50.8 Å². The first-order valence-corrected chi connectivity index (χ1v) is 8.88. The molecule has 9 heteroatoms. The van der Waals surface area contributed by atoms with Gasteiger partial charge in [-0.1, -0.05) is 23.9 Å². The summed E-state index contributed by atoms with van der Waals surface area (Å²) >= 11 is 1.25. The Morgan fingerprint density at radius 2 is 2.15 bits per heavy atom. The van der Waals surface area contributed by atoms with E-state index in [4.69, 9.17) is 14.3 Å². The van der Waals surface area contributed by atoms with Crippen LogP contribution in [-0.4, -0.2) is 27.3 Å². The van der Waals surface area contributed by atoms with Gasteiger partial charge in [0.2, 0.25) is 5.76 Å². The fourth-order valence-electron chi connectivity index (χ4n) is 2.36. The van der Waals surface area contributed by atoms with Gasteiger partial charge in [0.15, 0.2) is 5.16 Å². The number of thioether (sulfide) groups is 1. The van der Waals surface area contributed by atoms with Crippen molar-refractivity contribution in [2.45, 2.75) is 11.8 Å². The Morgan fingerprint density at radius 3 is 2.81 bits per heavy atom. The number of nitrogens with one attached hydrogen (secondary N) is 1. The van der Waals surface area contributed by atoms with Gasteiger partial charge in [-0.3, -0.25) is 4.79 Å². The van der Waals surface area contributed by atoms with E-state index >= 15 is 0 Å². The molecule has 0 saturated heterocycles. The Labute approximate surface area is 157 Å². The molecule has 136 valence electrons. The molecule has 0 aliphatic carbocycles. The molecule has 2 N–H and O–H groups in total. The quantitative estimate of drug-likeness (QED) is 0.491. The van der Waals surface area contributed by atoms with Crippen molar-refractivity contribution in [1.29, 1.82) is 5.26 Å². The van der Waals surface area contributed by atoms with E-state index in [0.29, 0.717) is 22.2 Å². The van der Waals surface area contributed by atoms with Crippen LogP contribution in [-0.2, 0) is 6.61 Å². The molecule has 0 aliphatic heterocycles. The summed E-state index contributed by atoms with van der Waals surface area (Å²) in [6.45, 7) is -0.0231. The molecule has 0 atom stereocenters. The minimum atomic E-state index is -1.17. The number of carbonyl (C=O) groups is 1. The van der Waals surface area contributed by atoms with E-state index in [-0.39, 0.29) is 23.6 Å². The van der Waals surface area contributed by atoms with Crippen LogP contribution in [0.5, 0.6) is 5.75 Å². The van der Waals surface area contributed by atoms with Crippen LogP contribution >= 0.6 is 11.8 Å². The summed E-state index contributed by atoms with van der Waals surface area (Å²) in [6, 6.07) is 11.5. The summed E-state index contributed by atoms with van der Waals surface area (Å²) in [4.78, 5) is 29.9. The van der Waals surface area contributed by atoms with Gasteiger partial charge in [0, 0.05) is 5.56 Å². The van der Waals surface area contributed by atoms with Gasteiger partial charge in [-0.2, -0.15) is 5.26 Å².